The van der Waals surface area contributed by atoms with Crippen LogP contribution in [0.5, 0.6) is 0 Å². The molecule has 1 aliphatic carbocycles. The molecule has 1 aromatic carbocycles. The quantitative estimate of drug-likeness (QED) is 0.311. The Bertz CT molecular complexity index is 1630. The molecule has 0 spiro atoms. The normalized spacial score (nSPS) is 18.4. The number of esters is 1. The molecule has 8 nitrogen and oxygen atoms in total. The van der Waals surface area contributed by atoms with Crippen LogP contribution in [0.15, 0.2) is 30.5 Å². The van der Waals surface area contributed by atoms with E-state index in [1.165, 1.54) is 17.9 Å². The van der Waals surface area contributed by atoms with Crippen molar-refractivity contribution < 1.29 is 28.2 Å². The number of carbonyl (C=O) groups excluding carboxylic acids is 2. The topological polar surface area (TPSA) is 99.2 Å². The molecule has 1 fully saturated rings. The summed E-state index contributed by atoms with van der Waals surface area (Å²) in [6.07, 6.45) is 4.03. The maximum atomic E-state index is 14.5. The molecule has 10 heteroatoms. The van der Waals surface area contributed by atoms with Crippen molar-refractivity contribution in [3.05, 3.63) is 53.4 Å². The molecule has 212 valence electrons. The summed E-state index contributed by atoms with van der Waals surface area (Å²) in [7, 11) is 1.38. The molecule has 5 rings (SSSR count). The minimum atomic E-state index is -1.40. The highest BCUT2D eigenvalue weighted by molar-refractivity contribution is 5.98. The lowest BCUT2D eigenvalue weighted by atomic mass is 9.77. The van der Waals surface area contributed by atoms with Crippen molar-refractivity contribution in [2.24, 2.45) is 11.3 Å². The molecule has 0 bridgehead atoms. The highest BCUT2D eigenvalue weighted by Crippen LogP contribution is 2.46. The van der Waals surface area contributed by atoms with Gasteiger partial charge in [0.05, 0.1) is 41.6 Å². The third kappa shape index (κ3) is 4.68. The second kappa shape index (κ2) is 9.76. The van der Waals surface area contributed by atoms with Crippen molar-refractivity contribution in [3.63, 3.8) is 0 Å². The van der Waals surface area contributed by atoms with Crippen LogP contribution < -0.4 is 0 Å². The smallest absolute Gasteiger partial charge is 0.308 e. The highest BCUT2D eigenvalue weighted by atomic mass is 19.2. The van der Waals surface area contributed by atoms with Crippen LogP contribution in [0, 0.1) is 23.0 Å². The fourth-order valence-electron chi connectivity index (χ4n) is 5.80. The summed E-state index contributed by atoms with van der Waals surface area (Å²) >= 11 is 0. The second-order valence-corrected chi connectivity index (χ2v) is 12.2. The van der Waals surface area contributed by atoms with E-state index in [0.717, 1.165) is 17.7 Å². The minimum Gasteiger partial charge on any atom is -0.469 e. The molecule has 0 unspecified atom stereocenters. The zero-order valence-corrected chi connectivity index (χ0v) is 23.6. The van der Waals surface area contributed by atoms with Crippen molar-refractivity contribution in [1.82, 2.24) is 19.3 Å². The molecule has 0 radical (unpaired) electrons. The number of aromatic nitrogens is 4. The number of hydrogen-bond donors (Lipinski definition) is 1. The van der Waals surface area contributed by atoms with E-state index in [4.69, 9.17) is 9.72 Å². The van der Waals surface area contributed by atoms with Crippen LogP contribution in [0.2, 0.25) is 0 Å². The molecule has 0 atom stereocenters. The standard InChI is InChI=1S/C30H34F2N4O4/c1-29(2,3)28(38)36-26-18(15-33-36)13-22-24(34-26)23(16-7-9-17(10-8-16)27(37)40-6)25(30(4,5)39)35(22)19-11-12-20(31)21(32)14-19/h11-17,39H,7-10H2,1-6H3. The van der Waals surface area contributed by atoms with Gasteiger partial charge in [0.2, 0.25) is 0 Å². The number of rotatable bonds is 4. The highest BCUT2D eigenvalue weighted by Gasteiger charge is 2.37. The zero-order valence-electron chi connectivity index (χ0n) is 23.6. The number of fused-ring (bicyclic) bond motifs is 2. The first-order chi connectivity index (χ1) is 18.7. The van der Waals surface area contributed by atoms with Crippen LogP contribution in [-0.4, -0.2) is 43.4 Å². The molecular weight excluding hydrogens is 518 g/mol. The Balaban J connectivity index is 1.82. The number of ether oxygens (including phenoxy) is 1. The molecule has 0 saturated heterocycles. The number of nitrogens with zero attached hydrogens (tertiary/aromatic N) is 4. The van der Waals surface area contributed by atoms with E-state index in [1.807, 2.05) is 6.07 Å². The second-order valence-electron chi connectivity index (χ2n) is 12.2. The summed E-state index contributed by atoms with van der Waals surface area (Å²) in [5.74, 6) is -2.76. The van der Waals surface area contributed by atoms with Gasteiger partial charge in [0, 0.05) is 28.1 Å². The first-order valence-corrected chi connectivity index (χ1v) is 13.5. The maximum absolute atomic E-state index is 14.5. The van der Waals surface area contributed by atoms with E-state index in [9.17, 15) is 23.5 Å². The van der Waals surface area contributed by atoms with Crippen LogP contribution >= 0.6 is 0 Å². The molecular formula is C30H34F2N4O4. The summed E-state index contributed by atoms with van der Waals surface area (Å²) in [6.45, 7) is 8.70. The zero-order chi connectivity index (χ0) is 29.1. The average molecular weight is 553 g/mol. The maximum Gasteiger partial charge on any atom is 0.308 e. The predicted molar refractivity (Wildman–Crippen MR) is 146 cm³/mol. The average Bonchev–Trinajstić information content (AvgIpc) is 3.46. The molecule has 1 N–H and O–H groups in total. The van der Waals surface area contributed by atoms with E-state index in [-0.39, 0.29) is 23.7 Å². The third-order valence-corrected chi connectivity index (χ3v) is 7.74. The molecule has 1 aliphatic rings. The summed E-state index contributed by atoms with van der Waals surface area (Å²) in [5, 5.41) is 16.4. The summed E-state index contributed by atoms with van der Waals surface area (Å²) in [5.41, 5.74) is 0.963. The number of aliphatic hydroxyl groups is 1. The van der Waals surface area contributed by atoms with Gasteiger partial charge in [-0.05, 0) is 63.6 Å². The Morgan fingerprint density at radius 2 is 1.70 bits per heavy atom. The summed E-state index contributed by atoms with van der Waals surface area (Å²) in [6, 6.07) is 5.43. The van der Waals surface area contributed by atoms with Gasteiger partial charge in [0.15, 0.2) is 17.3 Å². The van der Waals surface area contributed by atoms with Crippen molar-refractivity contribution in [3.8, 4) is 5.69 Å². The van der Waals surface area contributed by atoms with Crippen molar-refractivity contribution >= 4 is 33.9 Å². The van der Waals surface area contributed by atoms with Crippen LogP contribution in [0.3, 0.4) is 0 Å². The van der Waals surface area contributed by atoms with Crippen LogP contribution in [-0.2, 0) is 15.1 Å². The lowest BCUT2D eigenvalue weighted by molar-refractivity contribution is -0.146. The van der Waals surface area contributed by atoms with Gasteiger partial charge in [-0.25, -0.2) is 13.8 Å². The van der Waals surface area contributed by atoms with E-state index in [0.29, 0.717) is 59.1 Å². The number of halogens is 2. The van der Waals surface area contributed by atoms with E-state index >= 15 is 0 Å². The monoisotopic (exact) mass is 552 g/mol. The third-order valence-electron chi connectivity index (χ3n) is 7.74. The van der Waals surface area contributed by atoms with Crippen LogP contribution in [0.1, 0.15) is 82.3 Å². The first-order valence-electron chi connectivity index (χ1n) is 13.5. The van der Waals surface area contributed by atoms with E-state index in [2.05, 4.69) is 5.10 Å². The Labute approximate surface area is 230 Å². The Morgan fingerprint density at radius 1 is 1.02 bits per heavy atom. The molecule has 1 saturated carbocycles. The van der Waals surface area contributed by atoms with E-state index in [1.54, 1.807) is 45.4 Å². The van der Waals surface area contributed by atoms with Crippen LogP contribution in [0.25, 0.3) is 27.8 Å². The van der Waals surface area contributed by atoms with Gasteiger partial charge in [-0.3, -0.25) is 9.59 Å². The Kier molecular flexibility index (Phi) is 6.81. The SMILES string of the molecule is COC(=O)C1CCC(c2c(C(C)(C)O)n(-c3ccc(F)c(F)c3)c3cc4cnn(C(=O)C(C)(C)C)c4nc23)CC1. The number of carbonyl (C=O) groups is 2. The number of methoxy groups -OCH3 is 1. The number of hydrogen-bond acceptors (Lipinski definition) is 6. The van der Waals surface area contributed by atoms with E-state index < -0.39 is 22.7 Å². The van der Waals surface area contributed by atoms with Gasteiger partial charge >= 0.3 is 5.97 Å². The number of pyridine rings is 1. The van der Waals surface area contributed by atoms with Crippen molar-refractivity contribution in [2.45, 2.75) is 71.8 Å². The molecule has 40 heavy (non-hydrogen) atoms. The van der Waals surface area contributed by atoms with Gasteiger partial charge in [-0.2, -0.15) is 9.78 Å². The van der Waals surface area contributed by atoms with Gasteiger partial charge in [0.25, 0.3) is 5.91 Å². The van der Waals surface area contributed by atoms with Crippen molar-refractivity contribution in [2.75, 3.05) is 7.11 Å². The fraction of sp³-hybridized carbons (Fsp3) is 0.467. The number of benzene rings is 1. The summed E-state index contributed by atoms with van der Waals surface area (Å²) in [4.78, 5) is 30.4. The van der Waals surface area contributed by atoms with Gasteiger partial charge in [0.1, 0.15) is 0 Å². The minimum absolute atomic E-state index is 0.0870. The van der Waals surface area contributed by atoms with Gasteiger partial charge < -0.3 is 14.4 Å². The predicted octanol–water partition coefficient (Wildman–Crippen LogP) is 6.01. The van der Waals surface area contributed by atoms with Crippen LogP contribution in [0.4, 0.5) is 8.78 Å². The Hall–Kier alpha value is -3.66. The van der Waals surface area contributed by atoms with Gasteiger partial charge in [-0.15, -0.1) is 0 Å². The molecule has 0 amide bonds. The Morgan fingerprint density at radius 3 is 2.27 bits per heavy atom. The van der Waals surface area contributed by atoms with Gasteiger partial charge in [-0.1, -0.05) is 20.8 Å². The lowest BCUT2D eigenvalue weighted by Crippen LogP contribution is -2.27. The first kappa shape index (κ1) is 27.9. The largest absolute Gasteiger partial charge is 0.469 e. The molecule has 3 heterocycles. The lowest BCUT2D eigenvalue weighted by Gasteiger charge is -2.30. The molecule has 0 aliphatic heterocycles. The molecule has 3 aromatic heterocycles. The summed E-state index contributed by atoms with van der Waals surface area (Å²) < 4.78 is 36.4. The fourth-order valence-corrected chi connectivity index (χ4v) is 5.80. The molecule has 4 aromatic rings. The van der Waals surface area contributed by atoms with Crippen molar-refractivity contribution in [1.29, 1.82) is 0 Å².